The van der Waals surface area contributed by atoms with Crippen molar-refractivity contribution in [2.75, 3.05) is 0 Å². The van der Waals surface area contributed by atoms with Gasteiger partial charge < -0.3 is 0 Å². The Morgan fingerprint density at radius 3 is 1.77 bits per heavy atom. The molecule has 0 spiro atoms. The molecule has 35 heavy (non-hydrogen) atoms. The number of allylic oxidation sites excluding steroid dienone is 4. The third-order valence-electron chi connectivity index (χ3n) is 9.01. The van der Waals surface area contributed by atoms with Gasteiger partial charge >= 0.3 is 198 Å². The molecule has 2 aromatic carbocycles. The minimum atomic E-state index is -4.99. The van der Waals surface area contributed by atoms with Gasteiger partial charge in [0.2, 0.25) is 0 Å². The fourth-order valence-electron chi connectivity index (χ4n) is 6.21. The van der Waals surface area contributed by atoms with Gasteiger partial charge in [-0.1, -0.05) is 0 Å². The molecule has 194 valence electrons. The molecular weight excluding hydrogens is 579 g/mol. The smallest absolute Gasteiger partial charge is 0.147 e. The first-order valence-corrected chi connectivity index (χ1v) is 36.9. The Morgan fingerprint density at radius 1 is 0.743 bits per heavy atom. The predicted octanol–water partition coefficient (Wildman–Crippen LogP) is 7.75. The van der Waals surface area contributed by atoms with E-state index in [-0.39, 0.29) is 35.6 Å². The third kappa shape index (κ3) is 4.87. The number of hydrogen-bond donors (Lipinski definition) is 0. The molecule has 0 atom stereocenters. The molecular formula is C30H48Cl2Si2Zr. The standard InChI is InChI=1S/C21H25.C5H5.4CH3.2ClH.2H2Si.Zr/c1-20(2,3)16-9-7-14-11-15-8-10-17(21(4,5)6)13-19(15)18(14)12-16;1-2-4-5-3-1;;;;;;;;;/h7,9-10,12-13H,11H2,1-6H3;1-3H,4H2;4*1H3;2*1H;2*1H2;. The van der Waals surface area contributed by atoms with Crippen LogP contribution < -0.4 is 3.27 Å². The van der Waals surface area contributed by atoms with Crippen molar-refractivity contribution in [1.82, 2.24) is 0 Å². The summed E-state index contributed by atoms with van der Waals surface area (Å²) in [6.07, 6.45) is 9.24. The van der Waals surface area contributed by atoms with E-state index in [1.165, 1.54) is 27.8 Å². The van der Waals surface area contributed by atoms with Crippen LogP contribution in [0, 0.1) is 0 Å². The van der Waals surface area contributed by atoms with E-state index < -0.39 is 11.6 Å². The van der Waals surface area contributed by atoms with Gasteiger partial charge in [-0.05, 0) is 0 Å². The predicted molar refractivity (Wildman–Crippen MR) is 169 cm³/mol. The van der Waals surface area contributed by atoms with Gasteiger partial charge in [-0.15, -0.1) is 24.8 Å². The second-order valence-corrected chi connectivity index (χ2v) is 119. The van der Waals surface area contributed by atoms with Crippen molar-refractivity contribution in [3.8, 4) is 11.1 Å². The van der Waals surface area contributed by atoms with Crippen molar-refractivity contribution < 1.29 is 11.6 Å². The molecule has 5 heteroatoms. The molecule has 0 aromatic heterocycles. The Kier molecular flexibility index (Phi) is 5.93. The van der Waals surface area contributed by atoms with Gasteiger partial charge in [-0.3, -0.25) is 0 Å². The summed E-state index contributed by atoms with van der Waals surface area (Å²) in [7, 11) is 0. The second kappa shape index (κ2) is 6.68. The largest absolute Gasteiger partial charge is 0.147 e. The average Bonchev–Trinajstić information content (AvgIpc) is 3.26. The van der Waals surface area contributed by atoms with Crippen LogP contribution in [0.4, 0.5) is 0 Å². The third-order valence-corrected chi connectivity index (χ3v) is 38.1. The molecule has 0 amide bonds. The molecule has 4 rings (SSSR count). The zero-order valence-corrected chi connectivity index (χ0v) is 30.7. The van der Waals surface area contributed by atoms with Crippen LogP contribution in [-0.2, 0) is 28.8 Å². The topological polar surface area (TPSA) is 0 Å². The summed E-state index contributed by atoms with van der Waals surface area (Å²) in [5.41, 5.74) is 9.17. The van der Waals surface area contributed by atoms with Crippen molar-refractivity contribution in [3.63, 3.8) is 0 Å². The van der Waals surface area contributed by atoms with Gasteiger partial charge in [0.25, 0.3) is 0 Å². The summed E-state index contributed by atoms with van der Waals surface area (Å²) in [5, 5.41) is 0. The van der Waals surface area contributed by atoms with Gasteiger partial charge in [-0.2, -0.15) is 0 Å². The zero-order valence-electron chi connectivity index (χ0n) is 23.8. The molecule has 0 fully saturated rings. The summed E-state index contributed by atoms with van der Waals surface area (Å²) in [6, 6.07) is 12.4. The summed E-state index contributed by atoms with van der Waals surface area (Å²) in [5.74, 6) is 0. The molecule has 0 N–H and O–H groups in total. The van der Waals surface area contributed by atoms with Crippen LogP contribution >= 0.6 is 24.8 Å². The molecule has 2 aromatic rings. The van der Waals surface area contributed by atoms with Crippen molar-refractivity contribution in [2.24, 2.45) is 0 Å². The van der Waals surface area contributed by atoms with E-state index in [0.29, 0.717) is 0 Å². The molecule has 0 heterocycles. The number of hydrogen-bond acceptors (Lipinski definition) is 0. The maximum absolute atomic E-state index is 4.99. The Bertz CT molecular complexity index is 1570. The molecule has 0 nitrogen and oxygen atoms in total. The fourth-order valence-corrected chi connectivity index (χ4v) is 27.2. The van der Waals surface area contributed by atoms with Crippen molar-refractivity contribution in [2.45, 2.75) is 83.7 Å². The molecule has 0 aliphatic heterocycles. The molecule has 0 unspecified atom stereocenters. The summed E-state index contributed by atoms with van der Waals surface area (Å²) in [4.78, 5) is 0. The molecule has 0 saturated heterocycles. The molecule has 0 bridgehead atoms. The van der Waals surface area contributed by atoms with Gasteiger partial charge in [-0.25, -0.2) is 0 Å². The zero-order chi connectivity index (χ0) is 25.0. The quantitative estimate of drug-likeness (QED) is 0.255. The number of benzene rings is 2. The SMILES string of the molecule is CC(C)(C)c1ccc2c(c1)-c1cc(C(C)(C)C)c[c]([Zr]([CH3])([CH3])([CH3])([CH3])(=[SiH2])(=[SiH2])[C]3=CC=CC3)c1C2.Cl.Cl. The minimum Gasteiger partial charge on any atom is -0.147 e. The van der Waals surface area contributed by atoms with Gasteiger partial charge in [0.05, 0.1) is 0 Å². The van der Waals surface area contributed by atoms with E-state index in [4.69, 9.17) is 0 Å². The normalized spacial score (nSPS) is 19.5. The van der Waals surface area contributed by atoms with E-state index in [2.05, 4.69) is 122 Å². The molecule has 2 aliphatic rings. The van der Waals surface area contributed by atoms with E-state index in [1.807, 2.05) is 0 Å². The van der Waals surface area contributed by atoms with Crippen LogP contribution in [0.15, 0.2) is 51.8 Å². The summed E-state index contributed by atoms with van der Waals surface area (Å²) < 4.78 is 14.1. The van der Waals surface area contributed by atoms with Gasteiger partial charge in [0.15, 0.2) is 0 Å². The van der Waals surface area contributed by atoms with Crippen LogP contribution in [0.2, 0.25) is 18.5 Å². The van der Waals surface area contributed by atoms with E-state index in [0.717, 1.165) is 12.8 Å². The number of fused-ring (bicyclic) bond motifs is 3. The molecule has 0 radical (unpaired) electrons. The Balaban J connectivity index is 0.00000216. The van der Waals surface area contributed by atoms with Crippen LogP contribution in [0.1, 0.15) is 70.2 Å². The van der Waals surface area contributed by atoms with Crippen molar-refractivity contribution >= 4 is 41.8 Å². The van der Waals surface area contributed by atoms with Crippen molar-refractivity contribution in [1.29, 1.82) is 0 Å². The summed E-state index contributed by atoms with van der Waals surface area (Å²) in [6.45, 7) is 18.8. The van der Waals surface area contributed by atoms with Gasteiger partial charge in [0, 0.05) is 0 Å². The Morgan fingerprint density at radius 2 is 1.29 bits per heavy atom. The van der Waals surface area contributed by atoms with Gasteiger partial charge in [0.1, 0.15) is 0 Å². The second-order valence-electron chi connectivity index (χ2n) is 18.8. The first kappa shape index (κ1) is 31.0. The average molecular weight is 627 g/mol. The van der Waals surface area contributed by atoms with Crippen LogP contribution in [-0.4, -0.2) is 13.8 Å². The fraction of sp³-hybridized carbons (Fsp3) is 0.467. The molecule has 0 saturated carbocycles. The van der Waals surface area contributed by atoms with E-state index >= 15 is 0 Å². The van der Waals surface area contributed by atoms with Crippen LogP contribution in [0.25, 0.3) is 11.1 Å². The van der Waals surface area contributed by atoms with E-state index in [9.17, 15) is 0 Å². The van der Waals surface area contributed by atoms with Crippen molar-refractivity contribution in [3.05, 3.63) is 74.1 Å². The number of halogens is 2. The maximum Gasteiger partial charge on any atom is -0.147 e. The van der Waals surface area contributed by atoms with Crippen LogP contribution in [0.3, 0.4) is 0 Å². The first-order valence-electron chi connectivity index (χ1n) is 12.8. The monoisotopic (exact) mass is 624 g/mol. The van der Waals surface area contributed by atoms with E-state index in [1.54, 1.807) is 12.1 Å². The Labute approximate surface area is 220 Å². The maximum atomic E-state index is 2.70. The first-order chi connectivity index (χ1) is 14.3. The molecule has 2 aliphatic carbocycles. The Hall–Kier alpha value is -0.183. The minimum absolute atomic E-state index is 0. The van der Waals surface area contributed by atoms with Crippen LogP contribution in [0.5, 0.6) is 0 Å². The summed E-state index contributed by atoms with van der Waals surface area (Å²) >= 11 is -4.99. The number of rotatable bonds is 2.